The number of methoxy groups -OCH3 is 3. The maximum Gasteiger partial charge on any atom is 0.256 e. The Labute approximate surface area is 157 Å². The fourth-order valence-corrected chi connectivity index (χ4v) is 3.17. The predicted molar refractivity (Wildman–Crippen MR) is 98.2 cm³/mol. The molecule has 1 aliphatic rings. The summed E-state index contributed by atoms with van der Waals surface area (Å²) in [6.07, 6.45) is 1.02. The molecule has 1 aromatic heterocycles. The van der Waals surface area contributed by atoms with Gasteiger partial charge >= 0.3 is 0 Å². The van der Waals surface area contributed by atoms with Gasteiger partial charge in [0.05, 0.1) is 32.0 Å². The van der Waals surface area contributed by atoms with Crippen LogP contribution in [0.3, 0.4) is 0 Å². The van der Waals surface area contributed by atoms with Crippen molar-refractivity contribution in [1.82, 2.24) is 14.9 Å². The Morgan fingerprint density at radius 2 is 2.00 bits per heavy atom. The lowest BCUT2D eigenvalue weighted by Crippen LogP contribution is -2.41. The highest BCUT2D eigenvalue weighted by molar-refractivity contribution is 5.77. The Kier molecular flexibility index (Phi) is 5.75. The van der Waals surface area contributed by atoms with Crippen molar-refractivity contribution in [2.45, 2.75) is 19.4 Å². The quantitative estimate of drug-likeness (QED) is 0.809. The molecular formula is C19H23N3O5. The third kappa shape index (κ3) is 4.11. The molecule has 0 spiro atoms. The number of hydrogen-bond acceptors (Lipinski definition) is 6. The van der Waals surface area contributed by atoms with Gasteiger partial charge in [-0.15, -0.1) is 0 Å². The smallest absolute Gasteiger partial charge is 0.256 e. The monoisotopic (exact) mass is 373 g/mol. The summed E-state index contributed by atoms with van der Waals surface area (Å²) in [5.74, 6) is 1.73. The molecule has 0 bridgehead atoms. The van der Waals surface area contributed by atoms with Crippen LogP contribution in [0.2, 0.25) is 0 Å². The third-order valence-corrected chi connectivity index (χ3v) is 4.56. The average molecular weight is 373 g/mol. The Balaban J connectivity index is 1.81. The van der Waals surface area contributed by atoms with Crippen LogP contribution in [0.4, 0.5) is 0 Å². The van der Waals surface area contributed by atoms with Gasteiger partial charge in [-0.2, -0.15) is 0 Å². The zero-order valence-electron chi connectivity index (χ0n) is 15.7. The Hall–Kier alpha value is -2.87. The number of rotatable bonds is 6. The van der Waals surface area contributed by atoms with Gasteiger partial charge in [-0.05, 0) is 17.7 Å². The van der Waals surface area contributed by atoms with Gasteiger partial charge in [-0.25, -0.2) is 4.98 Å². The van der Waals surface area contributed by atoms with Crippen molar-refractivity contribution in [2.24, 2.45) is 0 Å². The molecule has 8 nitrogen and oxygen atoms in total. The van der Waals surface area contributed by atoms with Gasteiger partial charge in [-0.1, -0.05) is 6.07 Å². The highest BCUT2D eigenvalue weighted by atomic mass is 16.5. The summed E-state index contributed by atoms with van der Waals surface area (Å²) in [7, 11) is 4.64. The van der Waals surface area contributed by atoms with Crippen LogP contribution in [0.5, 0.6) is 11.5 Å². The van der Waals surface area contributed by atoms with E-state index in [0.29, 0.717) is 42.3 Å². The molecule has 0 radical (unpaired) electrons. The molecule has 0 unspecified atom stereocenters. The minimum Gasteiger partial charge on any atom is -0.493 e. The fourth-order valence-electron chi connectivity index (χ4n) is 3.17. The maximum atomic E-state index is 12.5. The first-order valence-corrected chi connectivity index (χ1v) is 8.64. The largest absolute Gasteiger partial charge is 0.493 e. The van der Waals surface area contributed by atoms with Crippen LogP contribution in [0, 0.1) is 0 Å². The van der Waals surface area contributed by atoms with Gasteiger partial charge in [0.15, 0.2) is 11.5 Å². The van der Waals surface area contributed by atoms with Gasteiger partial charge < -0.3 is 24.1 Å². The van der Waals surface area contributed by atoms with E-state index in [0.717, 1.165) is 11.3 Å². The second kappa shape index (κ2) is 8.22. The summed E-state index contributed by atoms with van der Waals surface area (Å²) in [6, 6.07) is 5.60. The number of ether oxygens (including phenoxy) is 3. The average Bonchev–Trinajstić information content (AvgIpc) is 2.68. The molecular weight excluding hydrogens is 350 g/mol. The lowest BCUT2D eigenvalue weighted by molar-refractivity contribution is -0.136. The minimum absolute atomic E-state index is 0.0120. The number of carbonyl (C=O) groups is 1. The molecule has 0 saturated heterocycles. The number of H-pyrrole nitrogens is 1. The van der Waals surface area contributed by atoms with E-state index < -0.39 is 0 Å². The number of nitrogens with one attached hydrogen (secondary N) is 1. The number of carbonyl (C=O) groups excluding carboxylic acids is 1. The first-order valence-electron chi connectivity index (χ1n) is 8.64. The number of nitrogens with zero attached hydrogens (tertiary/aromatic N) is 2. The summed E-state index contributed by atoms with van der Waals surface area (Å²) in [6.45, 7) is 0.802. The van der Waals surface area contributed by atoms with Crippen LogP contribution >= 0.6 is 0 Å². The molecule has 2 heterocycles. The molecule has 27 heavy (non-hydrogen) atoms. The van der Waals surface area contributed by atoms with Crippen LogP contribution < -0.4 is 15.0 Å². The van der Waals surface area contributed by atoms with E-state index in [1.54, 1.807) is 19.1 Å². The zero-order chi connectivity index (χ0) is 19.4. The molecule has 1 aromatic carbocycles. The van der Waals surface area contributed by atoms with Gasteiger partial charge in [0.25, 0.3) is 5.56 Å². The number of fused-ring (bicyclic) bond motifs is 1. The number of hydrogen-bond donors (Lipinski definition) is 1. The standard InChI is InChI=1S/C19H23N3O5/c1-25-11-18(23)22-7-6-14-13(10-22)19(24)21-17(20-14)9-12-4-5-15(26-2)16(8-12)27-3/h4-5,8H,6-7,9-11H2,1-3H3,(H,20,21,24). The van der Waals surface area contributed by atoms with Crippen LogP contribution in [-0.2, 0) is 28.9 Å². The van der Waals surface area contributed by atoms with Crippen molar-refractivity contribution in [2.75, 3.05) is 34.5 Å². The molecule has 0 fully saturated rings. The Morgan fingerprint density at radius 3 is 2.70 bits per heavy atom. The molecule has 0 aliphatic carbocycles. The van der Waals surface area contributed by atoms with Crippen LogP contribution in [0.15, 0.2) is 23.0 Å². The minimum atomic E-state index is -0.203. The first kappa shape index (κ1) is 18.9. The van der Waals surface area contributed by atoms with Crippen LogP contribution in [0.25, 0.3) is 0 Å². The molecule has 1 aliphatic heterocycles. The zero-order valence-corrected chi connectivity index (χ0v) is 15.7. The van der Waals surface area contributed by atoms with Crippen molar-refractivity contribution in [3.63, 3.8) is 0 Å². The molecule has 0 atom stereocenters. The predicted octanol–water partition coefficient (Wildman–Crippen LogP) is 0.909. The van der Waals surface area contributed by atoms with E-state index in [1.807, 2.05) is 18.2 Å². The summed E-state index contributed by atoms with van der Waals surface area (Å²) in [5.41, 5.74) is 2.03. The third-order valence-electron chi connectivity index (χ3n) is 4.56. The Bertz CT molecular complexity index is 893. The highest BCUT2D eigenvalue weighted by Crippen LogP contribution is 2.28. The van der Waals surface area contributed by atoms with Gasteiger partial charge in [0.1, 0.15) is 12.4 Å². The maximum absolute atomic E-state index is 12.5. The second-order valence-electron chi connectivity index (χ2n) is 6.30. The molecule has 1 N–H and O–H groups in total. The van der Waals surface area contributed by atoms with E-state index in [1.165, 1.54) is 7.11 Å². The summed E-state index contributed by atoms with van der Waals surface area (Å²) in [4.78, 5) is 33.6. The molecule has 1 amide bonds. The van der Waals surface area contributed by atoms with Crippen LogP contribution in [0.1, 0.15) is 22.6 Å². The van der Waals surface area contributed by atoms with E-state index >= 15 is 0 Å². The lowest BCUT2D eigenvalue weighted by Gasteiger charge is -2.27. The van der Waals surface area contributed by atoms with Crippen LogP contribution in [-0.4, -0.2) is 55.3 Å². The number of aromatic amines is 1. The van der Waals surface area contributed by atoms with Crippen molar-refractivity contribution in [3.05, 3.63) is 51.2 Å². The topological polar surface area (TPSA) is 93.8 Å². The van der Waals surface area contributed by atoms with Crippen molar-refractivity contribution in [1.29, 1.82) is 0 Å². The van der Waals surface area contributed by atoms with Gasteiger partial charge in [0, 0.05) is 26.5 Å². The number of aromatic nitrogens is 2. The van der Waals surface area contributed by atoms with E-state index in [2.05, 4.69) is 9.97 Å². The van der Waals surface area contributed by atoms with Gasteiger partial charge in [-0.3, -0.25) is 9.59 Å². The number of amides is 1. The molecule has 8 heteroatoms. The SMILES string of the molecule is COCC(=O)N1CCc2nc(Cc3ccc(OC)c(OC)c3)[nH]c(=O)c2C1. The molecule has 144 valence electrons. The summed E-state index contributed by atoms with van der Waals surface area (Å²) in [5, 5.41) is 0. The van der Waals surface area contributed by atoms with Crippen molar-refractivity contribution >= 4 is 5.91 Å². The Morgan fingerprint density at radius 1 is 1.22 bits per heavy atom. The van der Waals surface area contributed by atoms with E-state index in [-0.39, 0.29) is 24.6 Å². The fraction of sp³-hybridized carbons (Fsp3) is 0.421. The van der Waals surface area contributed by atoms with Crippen molar-refractivity contribution in [3.8, 4) is 11.5 Å². The first-order chi connectivity index (χ1) is 13.0. The normalized spacial score (nSPS) is 13.2. The molecule has 0 saturated carbocycles. The summed E-state index contributed by atoms with van der Waals surface area (Å²) >= 11 is 0. The van der Waals surface area contributed by atoms with E-state index in [4.69, 9.17) is 14.2 Å². The van der Waals surface area contributed by atoms with E-state index in [9.17, 15) is 9.59 Å². The highest BCUT2D eigenvalue weighted by Gasteiger charge is 2.24. The lowest BCUT2D eigenvalue weighted by atomic mass is 10.1. The van der Waals surface area contributed by atoms with Crippen molar-refractivity contribution < 1.29 is 19.0 Å². The second-order valence-corrected chi connectivity index (χ2v) is 6.30. The summed E-state index contributed by atoms with van der Waals surface area (Å²) < 4.78 is 15.4. The molecule has 2 aromatic rings. The molecule has 3 rings (SSSR count). The number of benzene rings is 1. The van der Waals surface area contributed by atoms with Gasteiger partial charge in [0.2, 0.25) is 5.91 Å².